The Morgan fingerprint density at radius 3 is 2.80 bits per heavy atom. The molecule has 0 bridgehead atoms. The van der Waals surface area contributed by atoms with Crippen LogP contribution in [-0.2, 0) is 25.9 Å². The topological polar surface area (TPSA) is 50.2 Å². The standard InChI is InChI=1S/C24H31FN4O/c1-2-12-29-22-11-10-20(26-17-18-8-7-9-19(25)15-18)16-21(22)23(27-29)24(30)28-13-5-3-4-6-14-28/h2,7-9,15,20,26H,1,3-6,10-14,16-17H2. The summed E-state index contributed by atoms with van der Waals surface area (Å²) in [5, 5.41) is 8.28. The molecule has 1 aliphatic carbocycles. The summed E-state index contributed by atoms with van der Waals surface area (Å²) >= 11 is 0. The van der Waals surface area contributed by atoms with Crippen LogP contribution >= 0.6 is 0 Å². The SMILES string of the molecule is C=CCn1nc(C(=O)N2CCCCCC2)c2c1CCC(NCc1cccc(F)c1)C2. The van der Waals surface area contributed by atoms with Gasteiger partial charge in [0.25, 0.3) is 5.91 Å². The number of aromatic nitrogens is 2. The van der Waals surface area contributed by atoms with Gasteiger partial charge in [0.15, 0.2) is 5.69 Å². The minimum absolute atomic E-state index is 0.0711. The molecule has 1 saturated heterocycles. The van der Waals surface area contributed by atoms with Crippen molar-refractivity contribution in [3.63, 3.8) is 0 Å². The molecule has 2 aliphatic rings. The van der Waals surface area contributed by atoms with Crippen molar-refractivity contribution in [2.45, 2.75) is 64.1 Å². The van der Waals surface area contributed by atoms with Crippen molar-refractivity contribution < 1.29 is 9.18 Å². The zero-order chi connectivity index (χ0) is 20.9. The molecule has 0 saturated carbocycles. The molecular weight excluding hydrogens is 379 g/mol. The molecule has 160 valence electrons. The van der Waals surface area contributed by atoms with Crippen LogP contribution in [0.15, 0.2) is 36.9 Å². The van der Waals surface area contributed by atoms with Crippen LogP contribution in [0.3, 0.4) is 0 Å². The molecular formula is C24H31FN4O. The highest BCUT2D eigenvalue weighted by Crippen LogP contribution is 2.27. The molecule has 0 radical (unpaired) electrons. The first-order valence-electron chi connectivity index (χ1n) is 11.1. The van der Waals surface area contributed by atoms with E-state index in [1.807, 2.05) is 21.7 Å². The number of likely N-dealkylation sites (tertiary alicyclic amines) is 1. The average molecular weight is 411 g/mol. The molecule has 1 unspecified atom stereocenters. The van der Waals surface area contributed by atoms with Crippen molar-refractivity contribution in [1.29, 1.82) is 0 Å². The van der Waals surface area contributed by atoms with Gasteiger partial charge in [-0.25, -0.2) is 4.39 Å². The summed E-state index contributed by atoms with van der Waals surface area (Å²) in [6.45, 7) is 6.73. The Hall–Kier alpha value is -2.47. The molecule has 1 aliphatic heterocycles. The average Bonchev–Trinajstić information content (AvgIpc) is 2.92. The van der Waals surface area contributed by atoms with E-state index in [9.17, 15) is 9.18 Å². The molecule has 5 nitrogen and oxygen atoms in total. The van der Waals surface area contributed by atoms with Gasteiger partial charge >= 0.3 is 0 Å². The lowest BCUT2D eigenvalue weighted by molar-refractivity contribution is 0.0753. The maximum Gasteiger partial charge on any atom is 0.274 e. The molecule has 4 rings (SSSR count). The van der Waals surface area contributed by atoms with Crippen molar-refractivity contribution in [2.75, 3.05) is 13.1 Å². The lowest BCUT2D eigenvalue weighted by Gasteiger charge is -2.25. The van der Waals surface area contributed by atoms with Gasteiger partial charge in [0, 0.05) is 36.9 Å². The summed E-state index contributed by atoms with van der Waals surface area (Å²) < 4.78 is 15.4. The number of rotatable bonds is 6. The first-order valence-corrected chi connectivity index (χ1v) is 11.1. The summed E-state index contributed by atoms with van der Waals surface area (Å²) in [6, 6.07) is 6.95. The fourth-order valence-electron chi connectivity index (χ4n) is 4.64. The highest BCUT2D eigenvalue weighted by molar-refractivity contribution is 5.94. The van der Waals surface area contributed by atoms with E-state index in [1.54, 1.807) is 12.1 Å². The number of hydrogen-bond acceptors (Lipinski definition) is 3. The summed E-state index contributed by atoms with van der Waals surface area (Å²) in [5.41, 5.74) is 3.79. The number of fused-ring (bicyclic) bond motifs is 1. The van der Waals surface area contributed by atoms with Gasteiger partial charge < -0.3 is 10.2 Å². The maximum absolute atomic E-state index is 13.5. The number of allylic oxidation sites excluding steroid dienone is 1. The second-order valence-electron chi connectivity index (χ2n) is 8.40. The van der Waals surface area contributed by atoms with Crippen LogP contribution in [0.2, 0.25) is 0 Å². The van der Waals surface area contributed by atoms with Gasteiger partial charge in [0.05, 0.1) is 6.54 Å². The second kappa shape index (κ2) is 9.56. The van der Waals surface area contributed by atoms with E-state index in [-0.39, 0.29) is 17.8 Å². The third kappa shape index (κ3) is 4.64. The Kier molecular flexibility index (Phi) is 6.62. The van der Waals surface area contributed by atoms with Crippen molar-refractivity contribution in [3.05, 3.63) is 65.3 Å². The maximum atomic E-state index is 13.5. The smallest absolute Gasteiger partial charge is 0.274 e. The van der Waals surface area contributed by atoms with Crippen molar-refractivity contribution in [1.82, 2.24) is 20.0 Å². The van der Waals surface area contributed by atoms with Gasteiger partial charge in [-0.1, -0.05) is 31.1 Å². The van der Waals surface area contributed by atoms with Crippen LogP contribution in [0, 0.1) is 5.82 Å². The Morgan fingerprint density at radius 2 is 2.07 bits per heavy atom. The summed E-state index contributed by atoms with van der Waals surface area (Å²) in [4.78, 5) is 15.3. The quantitative estimate of drug-likeness (QED) is 0.736. The first-order chi connectivity index (χ1) is 14.7. The lowest BCUT2D eigenvalue weighted by atomic mass is 9.91. The van der Waals surface area contributed by atoms with E-state index in [2.05, 4.69) is 11.9 Å². The van der Waals surface area contributed by atoms with Crippen LogP contribution < -0.4 is 5.32 Å². The fraction of sp³-hybridized carbons (Fsp3) is 0.500. The van der Waals surface area contributed by atoms with E-state index in [0.29, 0.717) is 18.8 Å². The van der Waals surface area contributed by atoms with E-state index in [4.69, 9.17) is 5.10 Å². The number of benzene rings is 1. The lowest BCUT2D eigenvalue weighted by Crippen LogP contribution is -2.36. The Labute approximate surface area is 178 Å². The van der Waals surface area contributed by atoms with Crippen LogP contribution in [0.4, 0.5) is 4.39 Å². The van der Waals surface area contributed by atoms with Gasteiger partial charge in [0.1, 0.15) is 5.82 Å². The second-order valence-corrected chi connectivity index (χ2v) is 8.40. The predicted molar refractivity (Wildman–Crippen MR) is 116 cm³/mol. The predicted octanol–water partition coefficient (Wildman–Crippen LogP) is 3.87. The molecule has 1 amide bonds. The molecule has 30 heavy (non-hydrogen) atoms. The monoisotopic (exact) mass is 410 g/mol. The number of hydrogen-bond donors (Lipinski definition) is 1. The van der Waals surface area contributed by atoms with Crippen molar-refractivity contribution >= 4 is 5.91 Å². The minimum Gasteiger partial charge on any atom is -0.337 e. The van der Waals surface area contributed by atoms with E-state index < -0.39 is 0 Å². The zero-order valence-corrected chi connectivity index (χ0v) is 17.6. The number of amides is 1. The zero-order valence-electron chi connectivity index (χ0n) is 17.6. The first kappa shape index (κ1) is 20.8. The largest absolute Gasteiger partial charge is 0.337 e. The van der Waals surface area contributed by atoms with Crippen molar-refractivity contribution in [2.24, 2.45) is 0 Å². The number of carbonyl (C=O) groups is 1. The molecule has 1 aromatic carbocycles. The van der Waals surface area contributed by atoms with E-state index in [0.717, 1.165) is 62.0 Å². The normalized spacial score (nSPS) is 19.2. The van der Waals surface area contributed by atoms with Gasteiger partial charge in [-0.2, -0.15) is 5.10 Å². The molecule has 0 spiro atoms. The fourth-order valence-corrected chi connectivity index (χ4v) is 4.64. The molecule has 1 atom stereocenters. The van der Waals surface area contributed by atoms with Gasteiger partial charge in [-0.3, -0.25) is 9.48 Å². The highest BCUT2D eigenvalue weighted by atomic mass is 19.1. The molecule has 1 N–H and O–H groups in total. The number of halogens is 1. The van der Waals surface area contributed by atoms with Gasteiger partial charge in [-0.05, 0) is 49.8 Å². The third-order valence-electron chi connectivity index (χ3n) is 6.23. The Morgan fingerprint density at radius 1 is 1.27 bits per heavy atom. The highest BCUT2D eigenvalue weighted by Gasteiger charge is 2.31. The van der Waals surface area contributed by atoms with Gasteiger partial charge in [0.2, 0.25) is 0 Å². The Balaban J connectivity index is 1.52. The molecule has 2 aromatic rings. The molecule has 1 aromatic heterocycles. The number of carbonyl (C=O) groups excluding carboxylic acids is 1. The number of nitrogens with zero attached hydrogens (tertiary/aromatic N) is 3. The van der Waals surface area contributed by atoms with E-state index in [1.165, 1.54) is 18.9 Å². The molecule has 6 heteroatoms. The Bertz CT molecular complexity index is 899. The summed E-state index contributed by atoms with van der Waals surface area (Å²) in [7, 11) is 0. The molecule has 2 heterocycles. The minimum atomic E-state index is -0.212. The van der Waals surface area contributed by atoms with Gasteiger partial charge in [-0.15, -0.1) is 6.58 Å². The van der Waals surface area contributed by atoms with Crippen LogP contribution in [-0.4, -0.2) is 39.7 Å². The molecule has 1 fully saturated rings. The summed E-state index contributed by atoms with van der Waals surface area (Å²) in [6.07, 6.45) is 8.99. The van der Waals surface area contributed by atoms with Crippen LogP contribution in [0.25, 0.3) is 0 Å². The van der Waals surface area contributed by atoms with Crippen LogP contribution in [0.5, 0.6) is 0 Å². The number of nitrogens with one attached hydrogen (secondary N) is 1. The summed E-state index contributed by atoms with van der Waals surface area (Å²) in [5.74, 6) is -0.141. The van der Waals surface area contributed by atoms with E-state index >= 15 is 0 Å². The van der Waals surface area contributed by atoms with Crippen LogP contribution in [0.1, 0.15) is 59.4 Å². The van der Waals surface area contributed by atoms with Crippen molar-refractivity contribution in [3.8, 4) is 0 Å². The third-order valence-corrected chi connectivity index (χ3v) is 6.23.